The predicted octanol–water partition coefficient (Wildman–Crippen LogP) is 3.66. The summed E-state index contributed by atoms with van der Waals surface area (Å²) < 4.78 is 5.62. The van der Waals surface area contributed by atoms with Gasteiger partial charge >= 0.3 is 0 Å². The Balaban J connectivity index is 0.00000392. The zero-order valence-electron chi connectivity index (χ0n) is 17.9. The van der Waals surface area contributed by atoms with Crippen LogP contribution in [0, 0.1) is 11.8 Å². The molecule has 0 spiro atoms. The zero-order valence-corrected chi connectivity index (χ0v) is 20.2. The molecule has 2 rings (SSSR count). The first-order valence-electron chi connectivity index (χ1n) is 10.3. The monoisotopic (exact) mass is 503 g/mol. The third-order valence-corrected chi connectivity index (χ3v) is 4.98. The van der Waals surface area contributed by atoms with Crippen LogP contribution < -0.4 is 15.5 Å². The number of nitrogens with zero attached hydrogens (tertiary/aromatic N) is 3. The van der Waals surface area contributed by atoms with E-state index < -0.39 is 0 Å². The Labute approximate surface area is 187 Å². The number of hydrogen-bond acceptors (Lipinski definition) is 4. The quantitative estimate of drug-likeness (QED) is 0.233. The summed E-state index contributed by atoms with van der Waals surface area (Å²) in [5, 5.41) is 6.61. The highest BCUT2D eigenvalue weighted by atomic mass is 127. The second kappa shape index (κ2) is 14.0. The van der Waals surface area contributed by atoms with Crippen molar-refractivity contribution in [3.05, 3.63) is 23.9 Å². The van der Waals surface area contributed by atoms with Crippen LogP contribution in [0.25, 0.3) is 0 Å². The number of ether oxygens (including phenoxy) is 1. The van der Waals surface area contributed by atoms with E-state index in [-0.39, 0.29) is 24.0 Å². The first-order chi connectivity index (χ1) is 13.1. The lowest BCUT2D eigenvalue weighted by molar-refractivity contribution is 0.128. The highest BCUT2D eigenvalue weighted by molar-refractivity contribution is 14.0. The second-order valence-corrected chi connectivity index (χ2v) is 7.84. The Bertz CT molecular complexity index is 556. The highest BCUT2D eigenvalue weighted by Gasteiger charge is 2.16. The molecular weight excluding hydrogens is 465 g/mol. The first-order valence-corrected chi connectivity index (χ1v) is 10.3. The van der Waals surface area contributed by atoms with Crippen LogP contribution in [-0.2, 0) is 11.3 Å². The van der Waals surface area contributed by atoms with Gasteiger partial charge in [0, 0.05) is 46.0 Å². The molecule has 1 saturated heterocycles. The molecule has 0 unspecified atom stereocenters. The number of aromatic nitrogens is 1. The molecule has 28 heavy (non-hydrogen) atoms. The molecule has 0 bridgehead atoms. The van der Waals surface area contributed by atoms with Gasteiger partial charge in [-0.3, -0.25) is 4.99 Å². The van der Waals surface area contributed by atoms with Crippen LogP contribution in [0.5, 0.6) is 0 Å². The van der Waals surface area contributed by atoms with E-state index in [9.17, 15) is 0 Å². The summed E-state index contributed by atoms with van der Waals surface area (Å²) in [6.07, 6.45) is 5.58. The van der Waals surface area contributed by atoms with Gasteiger partial charge in [0.25, 0.3) is 0 Å². The average Bonchev–Trinajstić information content (AvgIpc) is 2.67. The van der Waals surface area contributed by atoms with Crippen molar-refractivity contribution in [1.29, 1.82) is 0 Å². The van der Waals surface area contributed by atoms with Crippen LogP contribution in [0.15, 0.2) is 23.3 Å². The van der Waals surface area contributed by atoms with Crippen molar-refractivity contribution in [2.24, 2.45) is 16.8 Å². The third kappa shape index (κ3) is 9.41. The molecule has 2 heterocycles. The number of halogens is 1. The van der Waals surface area contributed by atoms with Gasteiger partial charge in [-0.05, 0) is 42.7 Å². The molecule has 0 radical (unpaired) electrons. The number of guanidine groups is 1. The van der Waals surface area contributed by atoms with Gasteiger partial charge in [0.15, 0.2) is 5.96 Å². The molecule has 1 fully saturated rings. The number of rotatable bonds is 9. The molecule has 1 aliphatic rings. The maximum atomic E-state index is 5.62. The van der Waals surface area contributed by atoms with Gasteiger partial charge in [-0.15, -0.1) is 24.0 Å². The Morgan fingerprint density at radius 1 is 1.25 bits per heavy atom. The van der Waals surface area contributed by atoms with Crippen molar-refractivity contribution >= 4 is 35.8 Å². The largest absolute Gasteiger partial charge is 0.380 e. The lowest BCUT2D eigenvalue weighted by Gasteiger charge is -2.31. The maximum absolute atomic E-state index is 5.62. The molecule has 2 N–H and O–H groups in total. The van der Waals surface area contributed by atoms with Gasteiger partial charge < -0.3 is 20.3 Å². The number of pyridine rings is 1. The summed E-state index contributed by atoms with van der Waals surface area (Å²) in [7, 11) is 1.79. The smallest absolute Gasteiger partial charge is 0.191 e. The number of piperidine rings is 1. The van der Waals surface area contributed by atoms with Crippen LogP contribution in [-0.4, -0.2) is 50.8 Å². The average molecular weight is 503 g/mol. The van der Waals surface area contributed by atoms with Crippen molar-refractivity contribution in [3.63, 3.8) is 0 Å². The van der Waals surface area contributed by atoms with Gasteiger partial charge in [-0.2, -0.15) is 0 Å². The lowest BCUT2D eigenvalue weighted by atomic mass is 9.99. The van der Waals surface area contributed by atoms with E-state index in [0.29, 0.717) is 19.1 Å². The number of nitrogens with one attached hydrogen (secondary N) is 2. The van der Waals surface area contributed by atoms with E-state index in [1.54, 1.807) is 7.05 Å². The molecule has 0 saturated carbocycles. The number of anilines is 1. The fourth-order valence-electron chi connectivity index (χ4n) is 3.02. The van der Waals surface area contributed by atoms with Crippen molar-refractivity contribution in [2.45, 2.75) is 46.6 Å². The Kier molecular flexibility index (Phi) is 12.5. The molecule has 1 aromatic heterocycles. The van der Waals surface area contributed by atoms with Crippen molar-refractivity contribution in [2.75, 3.05) is 44.8 Å². The SMILES string of the molecule is CN=C(NCCOCCC(C)C)NCc1ccc(N2CCC(C)CC2)nc1.I. The summed E-state index contributed by atoms with van der Waals surface area (Å²) in [6, 6.07) is 4.28. The van der Waals surface area contributed by atoms with Gasteiger partial charge in [-0.1, -0.05) is 26.8 Å². The van der Waals surface area contributed by atoms with Gasteiger partial charge in [0.1, 0.15) is 5.82 Å². The van der Waals surface area contributed by atoms with E-state index in [0.717, 1.165) is 55.9 Å². The van der Waals surface area contributed by atoms with Gasteiger partial charge in [0.2, 0.25) is 0 Å². The molecular formula is C21H38IN5O. The van der Waals surface area contributed by atoms with Crippen LogP contribution >= 0.6 is 24.0 Å². The minimum Gasteiger partial charge on any atom is -0.380 e. The van der Waals surface area contributed by atoms with Crippen LogP contribution in [0.4, 0.5) is 5.82 Å². The van der Waals surface area contributed by atoms with Gasteiger partial charge in [-0.25, -0.2) is 4.98 Å². The maximum Gasteiger partial charge on any atom is 0.191 e. The summed E-state index contributed by atoms with van der Waals surface area (Å²) in [5.41, 5.74) is 1.15. The van der Waals surface area contributed by atoms with Crippen molar-refractivity contribution in [3.8, 4) is 0 Å². The summed E-state index contributed by atoms with van der Waals surface area (Å²) in [6.45, 7) is 11.9. The van der Waals surface area contributed by atoms with Gasteiger partial charge in [0.05, 0.1) is 6.61 Å². The lowest BCUT2D eigenvalue weighted by Crippen LogP contribution is -2.38. The number of aliphatic imine (C=N–C) groups is 1. The minimum atomic E-state index is 0. The Morgan fingerprint density at radius 2 is 2.00 bits per heavy atom. The van der Waals surface area contributed by atoms with E-state index in [2.05, 4.69) is 58.4 Å². The van der Waals surface area contributed by atoms with Crippen LogP contribution in [0.3, 0.4) is 0 Å². The summed E-state index contributed by atoms with van der Waals surface area (Å²) >= 11 is 0. The van der Waals surface area contributed by atoms with E-state index in [4.69, 9.17) is 4.74 Å². The molecule has 0 aliphatic carbocycles. The van der Waals surface area contributed by atoms with E-state index in [1.165, 1.54) is 12.8 Å². The van der Waals surface area contributed by atoms with E-state index >= 15 is 0 Å². The Hall–Kier alpha value is -1.09. The van der Waals surface area contributed by atoms with Crippen molar-refractivity contribution in [1.82, 2.24) is 15.6 Å². The van der Waals surface area contributed by atoms with Crippen LogP contribution in [0.1, 0.15) is 45.6 Å². The fraction of sp³-hybridized carbons (Fsp3) is 0.714. The second-order valence-electron chi connectivity index (χ2n) is 7.84. The molecule has 0 aromatic carbocycles. The minimum absolute atomic E-state index is 0. The normalized spacial score (nSPS) is 15.5. The summed E-state index contributed by atoms with van der Waals surface area (Å²) in [4.78, 5) is 11.3. The highest BCUT2D eigenvalue weighted by Crippen LogP contribution is 2.21. The standard InChI is InChI=1S/C21H37N5O.HI/c1-17(2)9-13-27-14-10-23-21(22-4)25-16-19-5-6-20(24-15-19)26-11-7-18(3)8-12-26;/h5-6,15,17-18H,7-14,16H2,1-4H3,(H2,22,23,25);1H. The first kappa shape index (κ1) is 24.9. The molecule has 1 aromatic rings. The molecule has 1 aliphatic heterocycles. The van der Waals surface area contributed by atoms with Crippen molar-refractivity contribution < 1.29 is 4.74 Å². The number of hydrogen-bond donors (Lipinski definition) is 2. The molecule has 6 nitrogen and oxygen atoms in total. The van der Waals surface area contributed by atoms with Crippen LogP contribution in [0.2, 0.25) is 0 Å². The van der Waals surface area contributed by atoms with E-state index in [1.807, 2.05) is 6.20 Å². The molecule has 160 valence electrons. The topological polar surface area (TPSA) is 61.8 Å². The third-order valence-electron chi connectivity index (χ3n) is 4.98. The molecule has 7 heteroatoms. The summed E-state index contributed by atoms with van der Waals surface area (Å²) in [5.74, 6) is 3.40. The Morgan fingerprint density at radius 3 is 2.61 bits per heavy atom. The molecule has 0 atom stereocenters. The molecule has 0 amide bonds. The fourth-order valence-corrected chi connectivity index (χ4v) is 3.02. The zero-order chi connectivity index (χ0) is 19.5. The predicted molar refractivity (Wildman–Crippen MR) is 129 cm³/mol.